The maximum Gasteiger partial charge on any atom is 0.223 e. The third-order valence-corrected chi connectivity index (χ3v) is 2.81. The molecule has 2 rings (SSSR count). The van der Waals surface area contributed by atoms with E-state index in [9.17, 15) is 0 Å². The molecule has 0 amide bonds. The molecule has 0 bridgehead atoms. The zero-order chi connectivity index (χ0) is 12.6. The van der Waals surface area contributed by atoms with Gasteiger partial charge in [-0.15, -0.1) is 0 Å². The van der Waals surface area contributed by atoms with Crippen molar-refractivity contribution in [1.29, 1.82) is 5.26 Å². The Labute approximate surface area is 107 Å². The number of rotatable bonds is 5. The first-order valence-electron chi connectivity index (χ1n) is 6.15. The molecule has 0 radical (unpaired) electrons. The number of aromatic nitrogens is 2. The minimum Gasteiger partial charge on any atom is -0.379 e. The third kappa shape index (κ3) is 3.95. The first-order chi connectivity index (χ1) is 8.88. The molecule has 2 heterocycles. The average molecular weight is 247 g/mol. The number of ether oxygens (including phenoxy) is 1. The highest BCUT2D eigenvalue weighted by molar-refractivity contribution is 5.29. The normalized spacial score (nSPS) is 16.2. The van der Waals surface area contributed by atoms with E-state index in [2.05, 4.69) is 20.2 Å². The molecule has 18 heavy (non-hydrogen) atoms. The summed E-state index contributed by atoms with van der Waals surface area (Å²) in [7, 11) is 0. The Morgan fingerprint density at radius 3 is 3.06 bits per heavy atom. The highest BCUT2D eigenvalue weighted by Gasteiger charge is 2.09. The van der Waals surface area contributed by atoms with Crippen LogP contribution in [0.4, 0.5) is 5.95 Å². The molecule has 0 spiro atoms. The molecule has 1 saturated heterocycles. The standard InChI is InChI=1S/C12H17N5O/c13-10-11-2-4-15-12(16-11)14-3-1-5-17-6-8-18-9-7-17/h2,4H,1,3,5-9H2,(H,14,15,16). The topological polar surface area (TPSA) is 74.1 Å². The number of anilines is 1. The van der Waals surface area contributed by atoms with Gasteiger partial charge in [-0.05, 0) is 19.0 Å². The van der Waals surface area contributed by atoms with Crippen LogP contribution in [-0.4, -0.2) is 54.3 Å². The van der Waals surface area contributed by atoms with Crippen molar-refractivity contribution in [2.75, 3.05) is 44.7 Å². The lowest BCUT2D eigenvalue weighted by Gasteiger charge is -2.26. The predicted octanol–water partition coefficient (Wildman–Crippen LogP) is 0.482. The van der Waals surface area contributed by atoms with Gasteiger partial charge in [0.25, 0.3) is 0 Å². The Balaban J connectivity index is 1.67. The molecule has 1 N–H and O–H groups in total. The number of hydrogen-bond acceptors (Lipinski definition) is 6. The molecule has 1 aromatic heterocycles. The van der Waals surface area contributed by atoms with Crippen LogP contribution >= 0.6 is 0 Å². The molecular formula is C12H17N5O. The SMILES string of the molecule is N#Cc1ccnc(NCCCN2CCOCC2)n1. The number of nitrogens with one attached hydrogen (secondary N) is 1. The van der Waals surface area contributed by atoms with E-state index < -0.39 is 0 Å². The van der Waals surface area contributed by atoms with Crippen LogP contribution in [0.3, 0.4) is 0 Å². The second kappa shape index (κ2) is 6.89. The lowest BCUT2D eigenvalue weighted by Crippen LogP contribution is -2.37. The van der Waals surface area contributed by atoms with E-state index >= 15 is 0 Å². The minimum absolute atomic E-state index is 0.390. The lowest BCUT2D eigenvalue weighted by atomic mass is 10.3. The van der Waals surface area contributed by atoms with Crippen LogP contribution in [0.25, 0.3) is 0 Å². The highest BCUT2D eigenvalue weighted by Crippen LogP contribution is 2.01. The fourth-order valence-electron chi connectivity index (χ4n) is 1.83. The van der Waals surface area contributed by atoms with Gasteiger partial charge in [-0.3, -0.25) is 4.90 Å². The van der Waals surface area contributed by atoms with Gasteiger partial charge in [-0.1, -0.05) is 0 Å². The summed E-state index contributed by atoms with van der Waals surface area (Å²) < 4.78 is 5.29. The Morgan fingerprint density at radius 1 is 1.44 bits per heavy atom. The zero-order valence-corrected chi connectivity index (χ0v) is 10.3. The Morgan fingerprint density at radius 2 is 2.28 bits per heavy atom. The number of morpholine rings is 1. The summed E-state index contributed by atoms with van der Waals surface area (Å²) in [4.78, 5) is 10.5. The molecule has 0 atom stereocenters. The van der Waals surface area contributed by atoms with Gasteiger partial charge >= 0.3 is 0 Å². The van der Waals surface area contributed by atoms with Crippen LogP contribution in [0, 0.1) is 11.3 Å². The van der Waals surface area contributed by atoms with Crippen molar-refractivity contribution in [1.82, 2.24) is 14.9 Å². The maximum absolute atomic E-state index is 8.72. The van der Waals surface area contributed by atoms with Gasteiger partial charge in [0.1, 0.15) is 11.8 Å². The zero-order valence-electron chi connectivity index (χ0n) is 10.3. The first kappa shape index (κ1) is 12.7. The van der Waals surface area contributed by atoms with E-state index in [1.165, 1.54) is 0 Å². The lowest BCUT2D eigenvalue weighted by molar-refractivity contribution is 0.0378. The van der Waals surface area contributed by atoms with Crippen molar-refractivity contribution < 1.29 is 4.74 Å². The molecular weight excluding hydrogens is 230 g/mol. The number of nitrogens with zero attached hydrogens (tertiary/aromatic N) is 4. The molecule has 0 aromatic carbocycles. The molecule has 0 saturated carbocycles. The third-order valence-electron chi connectivity index (χ3n) is 2.81. The van der Waals surface area contributed by atoms with Crippen LogP contribution in [0.5, 0.6) is 0 Å². The fourth-order valence-corrected chi connectivity index (χ4v) is 1.83. The Bertz CT molecular complexity index is 411. The summed E-state index contributed by atoms with van der Waals surface area (Å²) in [5.74, 6) is 0.524. The fraction of sp³-hybridized carbons (Fsp3) is 0.583. The predicted molar refractivity (Wildman–Crippen MR) is 67.1 cm³/mol. The molecule has 1 aliphatic rings. The van der Waals surface area contributed by atoms with Crippen molar-refractivity contribution in [3.63, 3.8) is 0 Å². The summed E-state index contributed by atoms with van der Waals surface area (Å²) in [6.07, 6.45) is 2.62. The van der Waals surface area contributed by atoms with Crippen LogP contribution in [0.1, 0.15) is 12.1 Å². The second-order valence-electron chi connectivity index (χ2n) is 4.11. The number of hydrogen-bond donors (Lipinski definition) is 1. The smallest absolute Gasteiger partial charge is 0.223 e. The minimum atomic E-state index is 0.390. The first-order valence-corrected chi connectivity index (χ1v) is 6.15. The molecule has 6 nitrogen and oxygen atoms in total. The summed E-state index contributed by atoms with van der Waals surface area (Å²) >= 11 is 0. The van der Waals surface area contributed by atoms with E-state index in [0.29, 0.717) is 11.6 Å². The van der Waals surface area contributed by atoms with Gasteiger partial charge in [0.15, 0.2) is 0 Å². The average Bonchev–Trinajstić information content (AvgIpc) is 2.45. The summed E-state index contributed by atoms with van der Waals surface area (Å²) in [5.41, 5.74) is 0.390. The largest absolute Gasteiger partial charge is 0.379 e. The highest BCUT2D eigenvalue weighted by atomic mass is 16.5. The van der Waals surface area contributed by atoms with Gasteiger partial charge in [0.2, 0.25) is 5.95 Å². The Kier molecular flexibility index (Phi) is 4.88. The van der Waals surface area contributed by atoms with Crippen LogP contribution in [-0.2, 0) is 4.74 Å². The quantitative estimate of drug-likeness (QED) is 0.763. The molecule has 0 aliphatic carbocycles. The Hall–Kier alpha value is -1.71. The van der Waals surface area contributed by atoms with Gasteiger partial charge in [0, 0.05) is 25.8 Å². The van der Waals surface area contributed by atoms with Crippen LogP contribution < -0.4 is 5.32 Å². The van der Waals surface area contributed by atoms with Crippen molar-refractivity contribution in [3.05, 3.63) is 18.0 Å². The summed E-state index contributed by atoms with van der Waals surface area (Å²) in [5, 5.41) is 11.8. The van der Waals surface area contributed by atoms with E-state index in [-0.39, 0.29) is 0 Å². The van der Waals surface area contributed by atoms with E-state index in [1.54, 1.807) is 12.3 Å². The van der Waals surface area contributed by atoms with E-state index in [0.717, 1.165) is 45.8 Å². The maximum atomic E-state index is 8.72. The van der Waals surface area contributed by atoms with Gasteiger partial charge in [0.05, 0.1) is 13.2 Å². The second-order valence-corrected chi connectivity index (χ2v) is 4.11. The molecule has 1 aromatic rings. The van der Waals surface area contributed by atoms with Crippen molar-refractivity contribution in [2.45, 2.75) is 6.42 Å². The molecule has 0 unspecified atom stereocenters. The van der Waals surface area contributed by atoms with Crippen LogP contribution in [0.2, 0.25) is 0 Å². The molecule has 1 fully saturated rings. The van der Waals surface area contributed by atoms with Crippen LogP contribution in [0.15, 0.2) is 12.3 Å². The molecule has 6 heteroatoms. The van der Waals surface area contributed by atoms with E-state index in [1.807, 2.05) is 6.07 Å². The molecule has 1 aliphatic heterocycles. The van der Waals surface area contributed by atoms with Gasteiger partial charge in [-0.25, -0.2) is 9.97 Å². The van der Waals surface area contributed by atoms with E-state index in [4.69, 9.17) is 10.00 Å². The monoisotopic (exact) mass is 247 g/mol. The molecule has 96 valence electrons. The van der Waals surface area contributed by atoms with Crippen molar-refractivity contribution in [2.24, 2.45) is 0 Å². The van der Waals surface area contributed by atoms with Gasteiger partial charge in [-0.2, -0.15) is 5.26 Å². The number of nitriles is 1. The van der Waals surface area contributed by atoms with Crippen molar-refractivity contribution >= 4 is 5.95 Å². The summed E-state index contributed by atoms with van der Waals surface area (Å²) in [6, 6.07) is 3.59. The summed E-state index contributed by atoms with van der Waals surface area (Å²) in [6.45, 7) is 5.56. The van der Waals surface area contributed by atoms with Gasteiger partial charge < -0.3 is 10.1 Å². The van der Waals surface area contributed by atoms with Crippen molar-refractivity contribution in [3.8, 4) is 6.07 Å².